The van der Waals surface area contributed by atoms with E-state index in [9.17, 15) is 15.2 Å². The van der Waals surface area contributed by atoms with Gasteiger partial charge in [-0.15, -0.1) is 0 Å². The third-order valence-electron chi connectivity index (χ3n) is 8.94. The number of carbonyl (C=O) groups is 1. The first kappa shape index (κ1) is 32.9. The maximum Gasteiger partial charge on any atom is 0.169 e. The van der Waals surface area contributed by atoms with Crippen LogP contribution in [0.5, 0.6) is 11.5 Å². The average molecular weight is 658 g/mol. The molecule has 7 nitrogen and oxygen atoms in total. The molecule has 48 heavy (non-hydrogen) atoms. The number of rotatable bonds is 11. The zero-order chi connectivity index (χ0) is 33.6. The van der Waals surface area contributed by atoms with Crippen LogP contribution in [0.2, 0.25) is 5.02 Å². The van der Waals surface area contributed by atoms with Crippen LogP contribution in [0.4, 0.5) is 0 Å². The van der Waals surface area contributed by atoms with E-state index in [4.69, 9.17) is 21.1 Å². The molecule has 0 amide bonds. The summed E-state index contributed by atoms with van der Waals surface area (Å²) in [6, 6.07) is 30.8. The van der Waals surface area contributed by atoms with Gasteiger partial charge in [-0.3, -0.25) is 14.7 Å². The molecule has 1 aliphatic rings. The largest absolute Gasteiger partial charge is 0.489 e. The monoisotopic (exact) mass is 657 g/mol. The third-order valence-corrected chi connectivity index (χ3v) is 9.37. The van der Waals surface area contributed by atoms with Crippen molar-refractivity contribution < 1.29 is 19.4 Å². The van der Waals surface area contributed by atoms with Crippen molar-refractivity contribution in [3.63, 3.8) is 0 Å². The van der Waals surface area contributed by atoms with Gasteiger partial charge in [-0.25, -0.2) is 0 Å². The van der Waals surface area contributed by atoms with E-state index in [0.29, 0.717) is 30.0 Å². The van der Waals surface area contributed by atoms with Gasteiger partial charge in [-0.1, -0.05) is 72.3 Å². The number of nitriles is 1. The lowest BCUT2D eigenvalue weighted by atomic mass is 9.89. The van der Waals surface area contributed by atoms with Crippen molar-refractivity contribution in [3.8, 4) is 39.8 Å². The molecule has 0 aliphatic carbocycles. The number of pyridine rings is 1. The Morgan fingerprint density at radius 3 is 2.15 bits per heavy atom. The van der Waals surface area contributed by atoms with E-state index in [-0.39, 0.29) is 29.0 Å². The van der Waals surface area contributed by atoms with Crippen molar-refractivity contribution in [2.24, 2.45) is 0 Å². The van der Waals surface area contributed by atoms with Gasteiger partial charge in [0.15, 0.2) is 6.29 Å². The number of ether oxygens (including phenoxy) is 2. The predicted octanol–water partition coefficient (Wildman–Crippen LogP) is 8.09. The molecular formula is C40H36ClN3O4. The molecule has 1 saturated heterocycles. The van der Waals surface area contributed by atoms with Crippen LogP contribution in [-0.2, 0) is 19.8 Å². The van der Waals surface area contributed by atoms with E-state index < -0.39 is 0 Å². The highest BCUT2D eigenvalue weighted by molar-refractivity contribution is 6.32. The molecule has 0 bridgehead atoms. The lowest BCUT2D eigenvalue weighted by Crippen LogP contribution is -2.21. The van der Waals surface area contributed by atoms with Crippen molar-refractivity contribution in [1.82, 2.24) is 9.88 Å². The number of aromatic nitrogens is 1. The lowest BCUT2D eigenvalue weighted by Gasteiger charge is -2.17. The molecule has 6 rings (SSSR count). The second kappa shape index (κ2) is 14.8. The van der Waals surface area contributed by atoms with Crippen molar-refractivity contribution in [2.45, 2.75) is 46.1 Å². The van der Waals surface area contributed by atoms with Crippen LogP contribution >= 0.6 is 11.6 Å². The molecular weight excluding hydrogens is 622 g/mol. The number of aliphatic hydroxyl groups excluding tert-OH is 1. The Kier molecular flexibility index (Phi) is 10.2. The van der Waals surface area contributed by atoms with Crippen molar-refractivity contribution in [1.29, 1.82) is 5.26 Å². The van der Waals surface area contributed by atoms with E-state index in [1.165, 1.54) is 45.1 Å². The van der Waals surface area contributed by atoms with Gasteiger partial charge in [0.05, 0.1) is 11.1 Å². The van der Waals surface area contributed by atoms with E-state index >= 15 is 0 Å². The summed E-state index contributed by atoms with van der Waals surface area (Å²) in [7, 11) is 0. The van der Waals surface area contributed by atoms with Crippen molar-refractivity contribution in [2.75, 3.05) is 13.1 Å². The van der Waals surface area contributed by atoms with E-state index in [1.807, 2.05) is 30.3 Å². The molecule has 0 radical (unpaired) electrons. The van der Waals surface area contributed by atoms with Crippen LogP contribution in [0.3, 0.4) is 0 Å². The quantitative estimate of drug-likeness (QED) is 0.143. The zero-order valence-corrected chi connectivity index (χ0v) is 27.7. The highest BCUT2D eigenvalue weighted by Gasteiger charge is 2.20. The van der Waals surface area contributed by atoms with E-state index in [2.05, 4.69) is 84.4 Å². The molecule has 1 aliphatic heterocycles. The number of hydrogen-bond acceptors (Lipinski definition) is 7. The summed E-state index contributed by atoms with van der Waals surface area (Å²) in [6.07, 6.45) is 2.60. The average Bonchev–Trinajstić information content (AvgIpc) is 3.52. The van der Waals surface area contributed by atoms with Gasteiger partial charge in [0.1, 0.15) is 42.0 Å². The molecule has 1 atom stereocenters. The van der Waals surface area contributed by atoms with Crippen LogP contribution in [0, 0.1) is 25.2 Å². The SMILES string of the molecule is Cc1c(COc2ccc(OCc3cnc(C=O)c(C#N)c3Cl)cc2)cccc1-c1cccc(-c2ccc(CN3CCC(O)C3)cc2)c1C. The van der Waals surface area contributed by atoms with Gasteiger partial charge in [0, 0.05) is 31.4 Å². The fraction of sp³-hybridized carbons (Fsp3) is 0.225. The molecule has 0 saturated carbocycles. The Morgan fingerprint density at radius 1 is 0.896 bits per heavy atom. The molecule has 2 heterocycles. The third kappa shape index (κ3) is 7.27. The number of likely N-dealkylation sites (tertiary alicyclic amines) is 1. The molecule has 1 fully saturated rings. The first-order valence-corrected chi connectivity index (χ1v) is 16.3. The molecule has 1 unspecified atom stereocenters. The summed E-state index contributed by atoms with van der Waals surface area (Å²) in [5.74, 6) is 1.31. The van der Waals surface area contributed by atoms with Crippen molar-refractivity contribution >= 4 is 17.9 Å². The second-order valence-electron chi connectivity index (χ2n) is 12.1. The molecule has 4 aromatic carbocycles. The molecule has 0 spiro atoms. The van der Waals surface area contributed by atoms with E-state index in [1.54, 1.807) is 0 Å². The minimum atomic E-state index is -0.206. The number of carbonyl (C=O) groups excluding carboxylic acids is 1. The first-order valence-electron chi connectivity index (χ1n) is 15.9. The van der Waals surface area contributed by atoms with Crippen LogP contribution in [0.15, 0.2) is 91.1 Å². The highest BCUT2D eigenvalue weighted by atomic mass is 35.5. The second-order valence-corrected chi connectivity index (χ2v) is 12.5. The Hall–Kier alpha value is -5.00. The van der Waals surface area contributed by atoms with Gasteiger partial charge in [0.2, 0.25) is 0 Å². The topological polar surface area (TPSA) is 95.7 Å². The Morgan fingerprint density at radius 2 is 1.52 bits per heavy atom. The molecule has 1 N–H and O–H groups in total. The number of halogens is 1. The van der Waals surface area contributed by atoms with Crippen LogP contribution < -0.4 is 9.47 Å². The number of aldehydes is 1. The Balaban J connectivity index is 1.11. The molecule has 242 valence electrons. The number of nitrogens with zero attached hydrogens (tertiary/aromatic N) is 3. The minimum absolute atomic E-state index is 0.00905. The molecule has 1 aromatic heterocycles. The summed E-state index contributed by atoms with van der Waals surface area (Å²) >= 11 is 6.29. The predicted molar refractivity (Wildman–Crippen MR) is 187 cm³/mol. The fourth-order valence-corrected chi connectivity index (χ4v) is 6.41. The van der Waals surface area contributed by atoms with Crippen LogP contribution in [0.25, 0.3) is 22.3 Å². The normalized spacial score (nSPS) is 14.4. The van der Waals surface area contributed by atoms with Crippen LogP contribution in [0.1, 0.15) is 50.3 Å². The Labute approximate surface area is 286 Å². The summed E-state index contributed by atoms with van der Waals surface area (Å²) < 4.78 is 12.0. The summed E-state index contributed by atoms with van der Waals surface area (Å²) in [4.78, 5) is 17.4. The summed E-state index contributed by atoms with van der Waals surface area (Å²) in [5, 5.41) is 19.3. The minimum Gasteiger partial charge on any atom is -0.489 e. The molecule has 5 aromatic rings. The summed E-state index contributed by atoms with van der Waals surface area (Å²) in [6.45, 7) is 7.38. The van der Waals surface area contributed by atoms with E-state index in [0.717, 1.165) is 31.6 Å². The van der Waals surface area contributed by atoms with Gasteiger partial charge in [-0.05, 0) is 89.0 Å². The maximum atomic E-state index is 11.1. The fourth-order valence-electron chi connectivity index (χ4n) is 6.17. The van der Waals surface area contributed by atoms with Gasteiger partial charge in [0.25, 0.3) is 0 Å². The summed E-state index contributed by atoms with van der Waals surface area (Å²) in [5.41, 5.74) is 10.1. The van der Waals surface area contributed by atoms with Gasteiger partial charge in [-0.2, -0.15) is 5.26 Å². The number of hydrogen-bond donors (Lipinski definition) is 1. The standard InChI is InChI=1S/C40H36ClN3O4/c1-26-30(24-47-33-13-15-34(16-14-33)48-25-31-20-43-39(23-45)38(19-42)40(31)41)5-3-7-36(26)37-8-4-6-35(27(37)2)29-11-9-28(10-12-29)21-44-18-17-32(46)22-44/h3-16,20,23,32,46H,17-18,21-22,24-25H2,1-2H3. The zero-order valence-electron chi connectivity index (χ0n) is 26.9. The van der Waals surface area contributed by atoms with Crippen LogP contribution in [-0.4, -0.2) is 40.5 Å². The maximum absolute atomic E-state index is 11.1. The number of benzene rings is 4. The van der Waals surface area contributed by atoms with Gasteiger partial charge >= 0.3 is 0 Å². The van der Waals surface area contributed by atoms with Crippen molar-refractivity contribution in [3.05, 3.63) is 135 Å². The Bertz CT molecular complexity index is 1970. The number of aliphatic hydroxyl groups is 1. The lowest BCUT2D eigenvalue weighted by molar-refractivity contribution is 0.111. The number of β-amino-alcohol motifs (C(OH)–C–C–N with tert-alkyl or cyclic N) is 1. The molecule has 8 heteroatoms. The van der Waals surface area contributed by atoms with Gasteiger partial charge < -0.3 is 14.6 Å². The smallest absolute Gasteiger partial charge is 0.169 e. The first-order chi connectivity index (χ1) is 23.3. The highest BCUT2D eigenvalue weighted by Crippen LogP contribution is 2.35.